The zero-order valence-electron chi connectivity index (χ0n) is 16.7. The van der Waals surface area contributed by atoms with E-state index in [9.17, 15) is 14.4 Å². The highest BCUT2D eigenvalue weighted by Gasteiger charge is 2.28. The summed E-state index contributed by atoms with van der Waals surface area (Å²) in [6, 6.07) is -0.682. The van der Waals surface area contributed by atoms with E-state index >= 15 is 0 Å². The summed E-state index contributed by atoms with van der Waals surface area (Å²) >= 11 is 0. The van der Waals surface area contributed by atoms with E-state index in [-0.39, 0.29) is 11.2 Å². The van der Waals surface area contributed by atoms with Crippen LogP contribution in [0.4, 0.5) is 0 Å². The largest absolute Gasteiger partial charge is 0.467 e. The van der Waals surface area contributed by atoms with Crippen molar-refractivity contribution in [2.45, 2.75) is 52.6 Å². The number of rotatable bonds is 9. The number of hydrogen-bond donors (Lipinski definition) is 1. The van der Waals surface area contributed by atoms with E-state index < -0.39 is 23.3 Å². The van der Waals surface area contributed by atoms with Crippen molar-refractivity contribution in [3.05, 3.63) is 26.7 Å². The smallest absolute Gasteiger partial charge is 0.329 e. The second-order valence-electron chi connectivity index (χ2n) is 6.61. The van der Waals surface area contributed by atoms with Crippen LogP contribution in [0.5, 0.6) is 0 Å². The SMILES string of the molecule is CCCN(CCC)Cc1nc2c(c(=O)[nH]c(=O)n2C)n1[C@H](CC)C(=O)OC. The fourth-order valence-electron chi connectivity index (χ4n) is 3.39. The number of carbonyl (C=O) groups is 1. The molecule has 0 saturated carbocycles. The Kier molecular flexibility index (Phi) is 6.95. The summed E-state index contributed by atoms with van der Waals surface area (Å²) in [5.74, 6) is 0.139. The van der Waals surface area contributed by atoms with Crippen molar-refractivity contribution >= 4 is 17.1 Å². The van der Waals surface area contributed by atoms with E-state index in [0.29, 0.717) is 18.8 Å². The maximum Gasteiger partial charge on any atom is 0.329 e. The molecule has 0 bridgehead atoms. The average Bonchev–Trinajstić information content (AvgIpc) is 3.00. The maximum atomic E-state index is 12.6. The number of fused-ring (bicyclic) bond motifs is 1. The van der Waals surface area contributed by atoms with E-state index in [1.807, 2.05) is 6.92 Å². The molecule has 9 heteroatoms. The predicted octanol–water partition coefficient (Wildman–Crippen LogP) is 1.17. The zero-order valence-corrected chi connectivity index (χ0v) is 16.7. The van der Waals surface area contributed by atoms with Crippen LogP contribution in [0.25, 0.3) is 11.2 Å². The third kappa shape index (κ3) is 4.13. The molecule has 9 nitrogen and oxygen atoms in total. The van der Waals surface area contributed by atoms with Gasteiger partial charge in [-0.25, -0.2) is 14.6 Å². The first-order chi connectivity index (χ1) is 12.9. The quantitative estimate of drug-likeness (QED) is 0.656. The second kappa shape index (κ2) is 8.98. The first-order valence-electron chi connectivity index (χ1n) is 9.39. The number of ether oxygens (including phenoxy) is 1. The van der Waals surface area contributed by atoms with Crippen LogP contribution >= 0.6 is 0 Å². The minimum absolute atomic E-state index is 0.220. The Morgan fingerprint density at radius 1 is 1.22 bits per heavy atom. The first kappa shape index (κ1) is 20.9. The zero-order chi connectivity index (χ0) is 20.1. The average molecular weight is 379 g/mol. The molecule has 2 aromatic rings. The molecule has 27 heavy (non-hydrogen) atoms. The van der Waals surface area contributed by atoms with Crippen LogP contribution in [-0.4, -0.2) is 50.2 Å². The third-order valence-corrected chi connectivity index (χ3v) is 4.64. The van der Waals surface area contributed by atoms with E-state index in [4.69, 9.17) is 4.74 Å². The van der Waals surface area contributed by atoms with Gasteiger partial charge in [0.2, 0.25) is 0 Å². The van der Waals surface area contributed by atoms with Gasteiger partial charge in [0.05, 0.1) is 13.7 Å². The number of aromatic amines is 1. The lowest BCUT2D eigenvalue weighted by Crippen LogP contribution is -2.32. The monoisotopic (exact) mass is 379 g/mol. The molecule has 0 radical (unpaired) electrons. The van der Waals surface area contributed by atoms with E-state index in [1.54, 1.807) is 11.6 Å². The van der Waals surface area contributed by atoms with Gasteiger partial charge in [0.1, 0.15) is 11.9 Å². The molecule has 0 unspecified atom stereocenters. The fraction of sp³-hybridized carbons (Fsp3) is 0.667. The van der Waals surface area contributed by atoms with Gasteiger partial charge in [-0.1, -0.05) is 20.8 Å². The highest BCUT2D eigenvalue weighted by molar-refractivity contribution is 5.79. The molecular formula is C18H29N5O4. The molecule has 0 fully saturated rings. The second-order valence-corrected chi connectivity index (χ2v) is 6.61. The molecule has 0 spiro atoms. The molecular weight excluding hydrogens is 350 g/mol. The summed E-state index contributed by atoms with van der Waals surface area (Å²) in [6.45, 7) is 8.29. The van der Waals surface area contributed by atoms with Crippen molar-refractivity contribution in [3.63, 3.8) is 0 Å². The van der Waals surface area contributed by atoms with Crippen LogP contribution in [-0.2, 0) is 23.1 Å². The summed E-state index contributed by atoms with van der Waals surface area (Å²) in [5.41, 5.74) is -0.591. The Hall–Kier alpha value is -2.42. The van der Waals surface area contributed by atoms with Crippen molar-refractivity contribution in [2.24, 2.45) is 7.05 Å². The number of aromatic nitrogens is 4. The highest BCUT2D eigenvalue weighted by Crippen LogP contribution is 2.22. The van der Waals surface area contributed by atoms with Crippen LogP contribution in [0.1, 0.15) is 51.9 Å². The molecule has 0 aliphatic rings. The molecule has 1 N–H and O–H groups in total. The Bertz CT molecular complexity index is 905. The van der Waals surface area contributed by atoms with Gasteiger partial charge in [-0.2, -0.15) is 0 Å². The number of esters is 1. The summed E-state index contributed by atoms with van der Waals surface area (Å²) in [6.07, 6.45) is 2.40. The summed E-state index contributed by atoms with van der Waals surface area (Å²) in [7, 11) is 2.88. The molecule has 0 aromatic carbocycles. The summed E-state index contributed by atoms with van der Waals surface area (Å²) < 4.78 is 7.88. The van der Waals surface area contributed by atoms with Crippen molar-refractivity contribution in [1.29, 1.82) is 0 Å². The first-order valence-corrected chi connectivity index (χ1v) is 9.39. The third-order valence-electron chi connectivity index (χ3n) is 4.64. The molecule has 0 aliphatic carbocycles. The molecule has 0 saturated heterocycles. The van der Waals surface area contributed by atoms with E-state index in [2.05, 4.69) is 28.7 Å². The van der Waals surface area contributed by atoms with Crippen LogP contribution in [0.15, 0.2) is 9.59 Å². The molecule has 2 aromatic heterocycles. The van der Waals surface area contributed by atoms with Gasteiger partial charge >= 0.3 is 11.7 Å². The van der Waals surface area contributed by atoms with Gasteiger partial charge in [-0.3, -0.25) is 19.2 Å². The maximum absolute atomic E-state index is 12.6. The summed E-state index contributed by atoms with van der Waals surface area (Å²) in [4.78, 5) is 46.0. The fourth-order valence-corrected chi connectivity index (χ4v) is 3.39. The lowest BCUT2D eigenvalue weighted by Gasteiger charge is -2.23. The predicted molar refractivity (Wildman–Crippen MR) is 103 cm³/mol. The Balaban J connectivity index is 2.74. The molecule has 0 aliphatic heterocycles. The van der Waals surface area contributed by atoms with Crippen molar-refractivity contribution in [2.75, 3.05) is 20.2 Å². The topological polar surface area (TPSA) is 102 Å². The number of methoxy groups -OCH3 is 1. The van der Waals surface area contributed by atoms with Gasteiger partial charge in [0.25, 0.3) is 5.56 Å². The standard InChI is InChI=1S/C18H29N5O4/c1-6-9-22(10-7-2)11-13-19-15-14(16(24)20-18(26)21(15)4)23(13)12(8-3)17(25)27-5/h12H,6-11H2,1-5H3,(H,20,24,26)/t12-/m1/s1. The number of aryl methyl sites for hydroxylation is 1. The number of hydrogen-bond acceptors (Lipinski definition) is 6. The van der Waals surface area contributed by atoms with Gasteiger partial charge in [-0.05, 0) is 32.4 Å². The van der Waals surface area contributed by atoms with Gasteiger partial charge in [-0.15, -0.1) is 0 Å². The number of H-pyrrole nitrogens is 1. The van der Waals surface area contributed by atoms with Gasteiger partial charge < -0.3 is 9.30 Å². The number of carbonyl (C=O) groups excluding carboxylic acids is 1. The van der Waals surface area contributed by atoms with Crippen molar-refractivity contribution in [1.82, 2.24) is 24.0 Å². The van der Waals surface area contributed by atoms with E-state index in [1.165, 1.54) is 11.7 Å². The molecule has 0 amide bonds. The molecule has 2 heterocycles. The number of nitrogens with zero attached hydrogens (tertiary/aromatic N) is 4. The minimum Gasteiger partial charge on any atom is -0.467 e. The number of imidazole rings is 1. The van der Waals surface area contributed by atoms with Crippen molar-refractivity contribution < 1.29 is 9.53 Å². The lowest BCUT2D eigenvalue weighted by molar-refractivity contribution is -0.144. The molecule has 150 valence electrons. The van der Waals surface area contributed by atoms with Gasteiger partial charge in [0, 0.05) is 7.05 Å². The summed E-state index contributed by atoms with van der Waals surface area (Å²) in [5, 5.41) is 0. The molecule has 2 rings (SSSR count). The minimum atomic E-state index is -0.682. The van der Waals surface area contributed by atoms with Crippen LogP contribution < -0.4 is 11.2 Å². The highest BCUT2D eigenvalue weighted by atomic mass is 16.5. The van der Waals surface area contributed by atoms with Crippen LogP contribution in [0, 0.1) is 0 Å². The Morgan fingerprint density at radius 3 is 2.37 bits per heavy atom. The van der Waals surface area contributed by atoms with E-state index in [0.717, 1.165) is 25.9 Å². The normalized spacial score (nSPS) is 12.7. The Labute approximate surface area is 158 Å². The Morgan fingerprint density at radius 2 is 1.85 bits per heavy atom. The van der Waals surface area contributed by atoms with Crippen molar-refractivity contribution in [3.8, 4) is 0 Å². The molecule has 1 atom stereocenters. The van der Waals surface area contributed by atoms with Crippen LogP contribution in [0.3, 0.4) is 0 Å². The number of nitrogens with one attached hydrogen (secondary N) is 1. The van der Waals surface area contributed by atoms with Gasteiger partial charge in [0.15, 0.2) is 11.2 Å². The lowest BCUT2D eigenvalue weighted by atomic mass is 10.2. The van der Waals surface area contributed by atoms with Crippen LogP contribution in [0.2, 0.25) is 0 Å².